The Labute approximate surface area is 158 Å². The number of thioether (sulfide) groups is 1. The molecule has 0 aliphatic heterocycles. The number of quaternary nitrogens is 1. The van der Waals surface area contributed by atoms with Crippen LogP contribution in [0.2, 0.25) is 0 Å². The Kier molecular flexibility index (Phi) is 7.40. The number of methoxy groups -OCH3 is 1. The molecule has 8 nitrogen and oxygen atoms in total. The molecule has 0 fully saturated rings. The fourth-order valence-corrected chi connectivity index (χ4v) is 2.92. The van der Waals surface area contributed by atoms with Crippen LogP contribution in [0.25, 0.3) is 5.69 Å². The normalized spacial score (nSPS) is 11.4. The summed E-state index contributed by atoms with van der Waals surface area (Å²) in [6, 6.07) is 7.41. The highest BCUT2D eigenvalue weighted by Crippen LogP contribution is 2.20. The van der Waals surface area contributed by atoms with E-state index < -0.39 is 0 Å². The summed E-state index contributed by atoms with van der Waals surface area (Å²) in [5.74, 6) is 1.02. The lowest BCUT2D eigenvalue weighted by molar-refractivity contribution is -0.717. The predicted molar refractivity (Wildman–Crippen MR) is 101 cm³/mol. The third-order valence-corrected chi connectivity index (χ3v) is 4.47. The largest absolute Gasteiger partial charge is 0.497 e. The lowest BCUT2D eigenvalue weighted by Crippen LogP contribution is -2.94. The van der Waals surface area contributed by atoms with Gasteiger partial charge in [0, 0.05) is 13.0 Å². The molecule has 0 unspecified atom stereocenters. The second-order valence-electron chi connectivity index (χ2n) is 6.92. The summed E-state index contributed by atoms with van der Waals surface area (Å²) < 4.78 is 6.75. The van der Waals surface area contributed by atoms with Crippen LogP contribution in [0.4, 0.5) is 0 Å². The van der Waals surface area contributed by atoms with Gasteiger partial charge in [0.1, 0.15) is 5.75 Å². The van der Waals surface area contributed by atoms with Crippen molar-refractivity contribution in [2.24, 2.45) is 0 Å². The molecular weight excluding hydrogens is 352 g/mol. The van der Waals surface area contributed by atoms with E-state index in [2.05, 4.69) is 46.9 Å². The Morgan fingerprint density at radius 2 is 2.04 bits per heavy atom. The summed E-state index contributed by atoms with van der Waals surface area (Å²) in [6.45, 7) is 8.20. The maximum Gasteiger partial charge on any atom is 0.230 e. The summed E-state index contributed by atoms with van der Waals surface area (Å²) in [5.41, 5.74) is 1.04. The molecule has 0 bridgehead atoms. The lowest BCUT2D eigenvalue weighted by Gasteiger charge is -2.16. The summed E-state index contributed by atoms with van der Waals surface area (Å²) in [4.78, 5) is 12.0. The summed E-state index contributed by atoms with van der Waals surface area (Å²) in [6.07, 6.45) is 0.942. The number of carbonyl (C=O) groups is 1. The van der Waals surface area contributed by atoms with E-state index in [9.17, 15) is 4.79 Å². The van der Waals surface area contributed by atoms with E-state index in [1.54, 1.807) is 11.8 Å². The van der Waals surface area contributed by atoms with E-state index in [-0.39, 0.29) is 17.2 Å². The Bertz CT molecular complexity index is 696. The molecule has 26 heavy (non-hydrogen) atoms. The van der Waals surface area contributed by atoms with Crippen molar-refractivity contribution in [3.05, 3.63) is 24.3 Å². The number of nitrogens with zero attached hydrogens (tertiary/aromatic N) is 4. The molecule has 1 heterocycles. The van der Waals surface area contributed by atoms with Gasteiger partial charge in [-0.3, -0.25) is 4.79 Å². The van der Waals surface area contributed by atoms with Gasteiger partial charge in [0.2, 0.25) is 11.1 Å². The zero-order valence-corrected chi connectivity index (χ0v) is 16.5. The second kappa shape index (κ2) is 9.54. The minimum atomic E-state index is -0.0185. The van der Waals surface area contributed by atoms with Gasteiger partial charge in [0.25, 0.3) is 0 Å². The number of nitrogens with one attached hydrogen (secondary N) is 1. The first-order chi connectivity index (χ1) is 12.4. The molecule has 2 aromatic rings. The molecule has 1 amide bonds. The van der Waals surface area contributed by atoms with Gasteiger partial charge in [-0.25, -0.2) is 0 Å². The van der Waals surface area contributed by atoms with Gasteiger partial charge >= 0.3 is 0 Å². The van der Waals surface area contributed by atoms with Gasteiger partial charge in [0.15, 0.2) is 0 Å². The number of aromatic nitrogens is 4. The highest BCUT2D eigenvalue weighted by Gasteiger charge is 2.13. The number of benzene rings is 1. The van der Waals surface area contributed by atoms with Crippen LogP contribution < -0.4 is 15.4 Å². The number of amides is 1. The molecule has 0 aliphatic rings. The van der Waals surface area contributed by atoms with Crippen molar-refractivity contribution >= 4 is 17.7 Å². The van der Waals surface area contributed by atoms with Crippen LogP contribution >= 0.6 is 11.8 Å². The average Bonchev–Trinajstić information content (AvgIpc) is 3.07. The lowest BCUT2D eigenvalue weighted by atomic mass is 10.1. The number of hydrogen-bond acceptors (Lipinski definition) is 6. The molecule has 142 valence electrons. The van der Waals surface area contributed by atoms with Crippen molar-refractivity contribution < 1.29 is 14.8 Å². The van der Waals surface area contributed by atoms with Crippen molar-refractivity contribution in [1.29, 1.82) is 0 Å². The summed E-state index contributed by atoms with van der Waals surface area (Å²) in [5, 5.41) is 17.5. The molecule has 2 rings (SSSR count). The monoisotopic (exact) mass is 379 g/mol. The van der Waals surface area contributed by atoms with Gasteiger partial charge in [0.05, 0.1) is 30.6 Å². The molecule has 9 heteroatoms. The van der Waals surface area contributed by atoms with E-state index in [4.69, 9.17) is 4.74 Å². The fourth-order valence-electron chi connectivity index (χ4n) is 2.20. The minimum absolute atomic E-state index is 0.0185. The van der Waals surface area contributed by atoms with Crippen molar-refractivity contribution in [3.63, 3.8) is 0 Å². The number of tetrazole rings is 1. The smallest absolute Gasteiger partial charge is 0.230 e. The van der Waals surface area contributed by atoms with Gasteiger partial charge < -0.3 is 15.4 Å². The van der Waals surface area contributed by atoms with Crippen molar-refractivity contribution in [3.8, 4) is 11.4 Å². The first-order valence-corrected chi connectivity index (χ1v) is 9.54. The van der Waals surface area contributed by atoms with E-state index >= 15 is 0 Å². The highest BCUT2D eigenvalue weighted by molar-refractivity contribution is 7.99. The van der Waals surface area contributed by atoms with E-state index in [1.807, 2.05) is 24.3 Å². The van der Waals surface area contributed by atoms with Crippen molar-refractivity contribution in [2.75, 3.05) is 26.0 Å². The van der Waals surface area contributed by atoms with E-state index in [0.717, 1.165) is 24.4 Å². The third kappa shape index (κ3) is 6.64. The zero-order valence-electron chi connectivity index (χ0n) is 15.7. The van der Waals surface area contributed by atoms with Crippen LogP contribution in [0.15, 0.2) is 29.4 Å². The van der Waals surface area contributed by atoms with Crippen LogP contribution in [0.1, 0.15) is 27.2 Å². The quantitative estimate of drug-likeness (QED) is 0.490. The molecule has 0 radical (unpaired) electrons. The van der Waals surface area contributed by atoms with Gasteiger partial charge in [-0.1, -0.05) is 11.8 Å². The summed E-state index contributed by atoms with van der Waals surface area (Å²) >= 11 is 1.31. The number of rotatable bonds is 9. The maximum atomic E-state index is 12.0. The first-order valence-electron chi connectivity index (χ1n) is 8.56. The third-order valence-electron chi connectivity index (χ3n) is 3.55. The predicted octanol–water partition coefficient (Wildman–Crippen LogP) is 0.631. The average molecular weight is 380 g/mol. The minimum Gasteiger partial charge on any atom is -0.497 e. The molecule has 1 aromatic carbocycles. The van der Waals surface area contributed by atoms with Crippen LogP contribution in [0, 0.1) is 0 Å². The SMILES string of the molecule is COc1ccc(-n2nnnc2SCC(=O)NCCC[NH2+]C(C)(C)C)cc1. The Balaban J connectivity index is 1.77. The Hall–Kier alpha value is -2.13. The first kappa shape index (κ1) is 20.2. The molecule has 3 N–H and O–H groups in total. The van der Waals surface area contributed by atoms with Crippen LogP contribution in [-0.2, 0) is 4.79 Å². The van der Waals surface area contributed by atoms with Gasteiger partial charge in [-0.15, -0.1) is 5.10 Å². The number of carbonyl (C=O) groups excluding carboxylic acids is 1. The number of ether oxygens (including phenoxy) is 1. The molecule has 0 atom stereocenters. The van der Waals surface area contributed by atoms with Crippen LogP contribution in [0.5, 0.6) is 5.75 Å². The number of nitrogens with two attached hydrogens (primary N) is 1. The fraction of sp³-hybridized carbons (Fsp3) is 0.529. The second-order valence-corrected chi connectivity index (χ2v) is 7.86. The molecule has 0 saturated carbocycles. The highest BCUT2D eigenvalue weighted by atomic mass is 32.2. The molecule has 0 spiro atoms. The van der Waals surface area contributed by atoms with Crippen LogP contribution in [0.3, 0.4) is 0 Å². The van der Waals surface area contributed by atoms with Crippen LogP contribution in [-0.4, -0.2) is 57.6 Å². The van der Waals surface area contributed by atoms with E-state index in [0.29, 0.717) is 11.7 Å². The van der Waals surface area contributed by atoms with Crippen molar-refractivity contribution in [2.45, 2.75) is 37.9 Å². The Morgan fingerprint density at radius 3 is 2.69 bits per heavy atom. The van der Waals surface area contributed by atoms with Gasteiger partial charge in [-0.2, -0.15) is 4.68 Å². The zero-order chi connectivity index (χ0) is 19.0. The standard InChI is InChI=1S/C17H26N6O2S/c1-17(2,3)19-11-5-10-18-15(24)12-26-16-20-21-22-23(16)13-6-8-14(25-4)9-7-13/h6-9,19H,5,10-12H2,1-4H3,(H,18,24)/p+1. The molecule has 1 aromatic heterocycles. The summed E-state index contributed by atoms with van der Waals surface area (Å²) in [7, 11) is 1.62. The molecular formula is C17H27N6O2S+. The van der Waals surface area contributed by atoms with Gasteiger partial charge in [-0.05, 0) is 55.5 Å². The molecule has 0 saturated heterocycles. The van der Waals surface area contributed by atoms with Crippen molar-refractivity contribution in [1.82, 2.24) is 25.5 Å². The Morgan fingerprint density at radius 1 is 1.31 bits per heavy atom. The number of hydrogen-bond donors (Lipinski definition) is 2. The topological polar surface area (TPSA) is 98.5 Å². The van der Waals surface area contributed by atoms with E-state index in [1.165, 1.54) is 11.8 Å². The maximum absolute atomic E-state index is 12.0. The molecule has 0 aliphatic carbocycles.